The quantitative estimate of drug-likeness (QED) is 0.159. The summed E-state index contributed by atoms with van der Waals surface area (Å²) in [6.07, 6.45) is 0. The third-order valence-corrected chi connectivity index (χ3v) is 12.4. The van der Waals surface area contributed by atoms with Crippen molar-refractivity contribution in [1.29, 1.82) is 0 Å². The molecule has 14 rings (SSSR count). The van der Waals surface area contributed by atoms with E-state index in [1.807, 2.05) is 12.1 Å². The van der Waals surface area contributed by atoms with Crippen LogP contribution < -0.4 is 61.7 Å². The summed E-state index contributed by atoms with van der Waals surface area (Å²) in [4.78, 5) is 7.26. The number of nitrogens with zero attached hydrogens (tertiary/aromatic N) is 3. The van der Waals surface area contributed by atoms with Crippen LogP contribution in [0.2, 0.25) is 0 Å². The first-order chi connectivity index (χ1) is 27.8. The summed E-state index contributed by atoms with van der Waals surface area (Å²) in [7, 11) is 0. The van der Waals surface area contributed by atoms with E-state index in [1.54, 1.807) is 0 Å². The topological polar surface area (TPSA) is 37.4 Å². The lowest BCUT2D eigenvalue weighted by atomic mass is 9.33. The Labute approximate surface area is 323 Å². The highest BCUT2D eigenvalue weighted by Crippen LogP contribution is 2.58. The third-order valence-electron chi connectivity index (χ3n) is 12.4. The number of hydrogen-bond donors (Lipinski definition) is 0. The van der Waals surface area contributed by atoms with Crippen molar-refractivity contribution in [1.82, 2.24) is 0 Å². The molecule has 0 saturated carbocycles. The molecule has 0 N–H and O–H groups in total. The highest BCUT2D eigenvalue weighted by atomic mass is 16.5. The van der Waals surface area contributed by atoms with Gasteiger partial charge in [-0.1, -0.05) is 84.9 Å². The Balaban J connectivity index is 1.06. The van der Waals surface area contributed by atoms with Crippen molar-refractivity contribution in [2.75, 3.05) is 14.7 Å². The van der Waals surface area contributed by atoms with Gasteiger partial charge in [-0.05, 0) is 100 Å². The van der Waals surface area contributed by atoms with Gasteiger partial charge in [0.05, 0.1) is 34.1 Å². The zero-order valence-electron chi connectivity index (χ0n) is 29.8. The number of para-hydroxylation sites is 6. The lowest BCUT2D eigenvalue weighted by Gasteiger charge is -2.48. The van der Waals surface area contributed by atoms with Crippen molar-refractivity contribution in [3.63, 3.8) is 0 Å². The van der Waals surface area contributed by atoms with Gasteiger partial charge < -0.3 is 28.9 Å². The number of ether oxygens (including phenoxy) is 3. The third kappa shape index (κ3) is 3.51. The van der Waals surface area contributed by atoms with Gasteiger partial charge in [0, 0.05) is 28.6 Å². The molecule has 258 valence electrons. The maximum Gasteiger partial charge on any atom is 0.256 e. The lowest BCUT2D eigenvalue weighted by molar-refractivity contribution is 0.468. The summed E-state index contributed by atoms with van der Waals surface area (Å²) < 4.78 is 20.4. The van der Waals surface area contributed by atoms with Crippen LogP contribution >= 0.6 is 0 Å². The fourth-order valence-corrected chi connectivity index (χ4v) is 10.3. The van der Waals surface area contributed by atoms with E-state index in [0.29, 0.717) is 0 Å². The second-order valence-corrected chi connectivity index (χ2v) is 15.2. The Bertz CT molecular complexity index is 3080. The Hall–Kier alpha value is -7.31. The smallest absolute Gasteiger partial charge is 0.256 e. The summed E-state index contributed by atoms with van der Waals surface area (Å²) in [5, 5.41) is 0. The van der Waals surface area contributed by atoms with Crippen molar-refractivity contribution in [3.8, 4) is 34.5 Å². The van der Waals surface area contributed by atoms with Gasteiger partial charge >= 0.3 is 0 Å². The fourth-order valence-electron chi connectivity index (χ4n) is 10.3. The van der Waals surface area contributed by atoms with Gasteiger partial charge in [0.25, 0.3) is 13.4 Å². The van der Waals surface area contributed by atoms with E-state index < -0.39 is 0 Å². The molecular formula is C48H27B2N3O3. The summed E-state index contributed by atoms with van der Waals surface area (Å²) in [5.74, 6) is 5.18. The molecule has 0 aromatic heterocycles. The minimum atomic E-state index is -0.0884. The highest BCUT2D eigenvalue weighted by molar-refractivity contribution is 7.00. The van der Waals surface area contributed by atoms with Gasteiger partial charge in [0.1, 0.15) is 23.0 Å². The van der Waals surface area contributed by atoms with Crippen LogP contribution in [-0.4, -0.2) is 13.4 Å². The second kappa shape index (κ2) is 10.3. The van der Waals surface area contributed by atoms with Crippen molar-refractivity contribution in [2.24, 2.45) is 0 Å². The first-order valence-corrected chi connectivity index (χ1v) is 19.2. The Morgan fingerprint density at radius 3 is 1.62 bits per heavy atom. The molecule has 0 spiro atoms. The Morgan fingerprint density at radius 1 is 0.304 bits per heavy atom. The van der Waals surface area contributed by atoms with E-state index in [2.05, 4.69) is 166 Å². The lowest BCUT2D eigenvalue weighted by Crippen LogP contribution is -2.61. The van der Waals surface area contributed by atoms with Gasteiger partial charge in [0.2, 0.25) is 0 Å². The summed E-state index contributed by atoms with van der Waals surface area (Å²) in [6, 6.07) is 58.4. The molecule has 0 unspecified atom stereocenters. The minimum absolute atomic E-state index is 0.0231. The van der Waals surface area contributed by atoms with Crippen molar-refractivity contribution >= 4 is 97.4 Å². The van der Waals surface area contributed by atoms with Gasteiger partial charge in [-0.2, -0.15) is 0 Å². The van der Waals surface area contributed by atoms with Gasteiger partial charge in [0.15, 0.2) is 11.5 Å². The number of hydrogen-bond acceptors (Lipinski definition) is 6. The normalized spacial score (nSPS) is 14.7. The molecule has 6 nitrogen and oxygen atoms in total. The fraction of sp³-hybridized carbons (Fsp3) is 0. The first-order valence-electron chi connectivity index (χ1n) is 19.2. The molecule has 8 aromatic carbocycles. The summed E-state index contributed by atoms with van der Waals surface area (Å²) in [6.45, 7) is -0.0652. The Kier molecular flexibility index (Phi) is 5.33. The van der Waals surface area contributed by atoms with Gasteiger partial charge in [-0.3, -0.25) is 0 Å². The molecule has 6 aliphatic rings. The number of anilines is 9. The predicted molar refractivity (Wildman–Crippen MR) is 226 cm³/mol. The maximum atomic E-state index is 7.07. The van der Waals surface area contributed by atoms with Crippen LogP contribution in [0.3, 0.4) is 0 Å². The minimum Gasteiger partial charge on any atom is -0.458 e. The van der Waals surface area contributed by atoms with E-state index in [4.69, 9.17) is 14.2 Å². The van der Waals surface area contributed by atoms with E-state index >= 15 is 0 Å². The maximum absolute atomic E-state index is 7.07. The van der Waals surface area contributed by atoms with Gasteiger partial charge in [-0.25, -0.2) is 0 Å². The van der Waals surface area contributed by atoms with E-state index in [0.717, 1.165) is 90.9 Å². The summed E-state index contributed by atoms with van der Waals surface area (Å²) in [5.41, 5.74) is 17.0. The average molecular weight is 715 g/mol. The van der Waals surface area contributed by atoms with E-state index in [9.17, 15) is 0 Å². The number of benzene rings is 8. The van der Waals surface area contributed by atoms with Crippen LogP contribution in [0.5, 0.6) is 34.5 Å². The molecule has 0 aliphatic carbocycles. The van der Waals surface area contributed by atoms with Crippen molar-refractivity contribution in [2.45, 2.75) is 0 Å². The van der Waals surface area contributed by atoms with Crippen LogP contribution in [0.4, 0.5) is 51.2 Å². The van der Waals surface area contributed by atoms with Crippen molar-refractivity contribution < 1.29 is 14.2 Å². The molecule has 56 heavy (non-hydrogen) atoms. The van der Waals surface area contributed by atoms with Crippen molar-refractivity contribution in [3.05, 3.63) is 164 Å². The molecule has 0 bridgehead atoms. The largest absolute Gasteiger partial charge is 0.458 e. The molecule has 0 fully saturated rings. The average Bonchev–Trinajstić information content (AvgIpc) is 3.26. The zero-order chi connectivity index (χ0) is 36.2. The number of rotatable bonds is 1. The van der Waals surface area contributed by atoms with E-state index in [1.165, 1.54) is 27.5 Å². The Morgan fingerprint density at radius 2 is 0.839 bits per heavy atom. The second-order valence-electron chi connectivity index (χ2n) is 15.2. The SMILES string of the molecule is c1ccc(N2c3cc4c(cc3N3c5ccccc5B5c6ccccc6Oc6ccc2c3c65)B2c3ccccc3N3c5ccccc5Oc5ccc(c2c53)O4)cc1. The molecule has 0 atom stereocenters. The predicted octanol–water partition coefficient (Wildman–Crippen LogP) is 8.39. The van der Waals surface area contributed by atoms with Crippen LogP contribution in [0.1, 0.15) is 0 Å². The molecular weight excluding hydrogens is 688 g/mol. The molecule has 6 heterocycles. The van der Waals surface area contributed by atoms with Gasteiger partial charge in [-0.15, -0.1) is 0 Å². The number of fused-ring (bicyclic) bond motifs is 14. The molecule has 6 aliphatic heterocycles. The van der Waals surface area contributed by atoms with Crippen LogP contribution in [-0.2, 0) is 0 Å². The highest BCUT2D eigenvalue weighted by Gasteiger charge is 2.49. The zero-order valence-corrected chi connectivity index (χ0v) is 29.8. The molecule has 8 aromatic rings. The van der Waals surface area contributed by atoms with Crippen LogP contribution in [0.25, 0.3) is 0 Å². The van der Waals surface area contributed by atoms with E-state index in [-0.39, 0.29) is 13.4 Å². The molecule has 0 radical (unpaired) electrons. The molecule has 0 saturated heterocycles. The monoisotopic (exact) mass is 715 g/mol. The van der Waals surface area contributed by atoms with Crippen LogP contribution in [0, 0.1) is 0 Å². The van der Waals surface area contributed by atoms with Crippen LogP contribution in [0.15, 0.2) is 164 Å². The molecule has 8 heteroatoms. The first kappa shape index (κ1) is 29.1. The molecule has 0 amide bonds. The standard InChI is InChI=1S/C48H27B2N3O3/c1-2-12-28(13-3-1)51-36-22-23-41-45-47(36)53(34-18-8-4-14-29(34)49(45)31-16-6-10-20-39(31)54-41)37-26-32-44(27-38(37)51)56-42-24-25-43-48-46(42)50(32)30-15-5-7-17-33(30)52(48)35-19-9-11-21-40(35)55-43/h1-27H. The summed E-state index contributed by atoms with van der Waals surface area (Å²) >= 11 is 0.